The van der Waals surface area contributed by atoms with Gasteiger partial charge in [-0.15, -0.1) is 5.10 Å². The lowest BCUT2D eigenvalue weighted by atomic mass is 10.3. The second-order valence-electron chi connectivity index (χ2n) is 3.83. The molecule has 0 fully saturated rings. The Kier molecular flexibility index (Phi) is 2.46. The van der Waals surface area contributed by atoms with Gasteiger partial charge in [0.2, 0.25) is 0 Å². The number of imide groups is 1. The van der Waals surface area contributed by atoms with Crippen molar-refractivity contribution >= 4 is 29.2 Å². The van der Waals surface area contributed by atoms with Crippen LogP contribution in [0.3, 0.4) is 0 Å². The lowest BCUT2D eigenvalue weighted by Crippen LogP contribution is -2.33. The van der Waals surface area contributed by atoms with Crippen LogP contribution in [0, 0.1) is 0 Å². The standard InChI is InChI=1S/C11H7N5O4/c12-9-8(10-13-4-1-5-15(10)14-9)11(19)20-16-6(17)2-3-7(16)18/h1-5H,(H2,12,14). The molecule has 2 N–H and O–H groups in total. The third kappa shape index (κ3) is 1.68. The van der Waals surface area contributed by atoms with Crippen LogP contribution in [-0.2, 0) is 14.4 Å². The molecule has 0 atom stereocenters. The van der Waals surface area contributed by atoms with E-state index in [0.717, 1.165) is 12.2 Å². The summed E-state index contributed by atoms with van der Waals surface area (Å²) in [6.45, 7) is 0. The van der Waals surface area contributed by atoms with Crippen molar-refractivity contribution in [3.05, 3.63) is 36.2 Å². The topological polar surface area (TPSA) is 120 Å². The van der Waals surface area contributed by atoms with Gasteiger partial charge in [0, 0.05) is 24.5 Å². The largest absolute Gasteiger partial charge is 0.381 e. The predicted octanol–water partition coefficient (Wildman–Crippen LogP) is -0.692. The van der Waals surface area contributed by atoms with E-state index in [1.165, 1.54) is 10.7 Å². The van der Waals surface area contributed by atoms with Gasteiger partial charge >= 0.3 is 5.97 Å². The first-order chi connectivity index (χ1) is 9.58. The van der Waals surface area contributed by atoms with E-state index in [0.29, 0.717) is 5.06 Å². The quantitative estimate of drug-likeness (QED) is 0.719. The summed E-state index contributed by atoms with van der Waals surface area (Å²) >= 11 is 0. The molecule has 0 radical (unpaired) electrons. The number of aromatic nitrogens is 3. The van der Waals surface area contributed by atoms with Gasteiger partial charge in [0.15, 0.2) is 17.0 Å². The van der Waals surface area contributed by atoms with Crippen LogP contribution >= 0.6 is 0 Å². The highest BCUT2D eigenvalue weighted by Gasteiger charge is 2.31. The first-order valence-electron chi connectivity index (χ1n) is 5.45. The van der Waals surface area contributed by atoms with E-state index in [2.05, 4.69) is 10.1 Å². The Hall–Kier alpha value is -3.23. The third-order valence-corrected chi connectivity index (χ3v) is 2.57. The highest BCUT2D eigenvalue weighted by Crippen LogP contribution is 2.18. The molecule has 0 aromatic carbocycles. The minimum atomic E-state index is -0.985. The first-order valence-corrected chi connectivity index (χ1v) is 5.45. The maximum Gasteiger partial charge on any atom is 0.371 e. The summed E-state index contributed by atoms with van der Waals surface area (Å²) in [4.78, 5) is 43.3. The number of nitrogens with zero attached hydrogens (tertiary/aromatic N) is 4. The van der Waals surface area contributed by atoms with Gasteiger partial charge in [-0.1, -0.05) is 5.06 Å². The summed E-state index contributed by atoms with van der Waals surface area (Å²) in [5.41, 5.74) is 5.68. The molecule has 9 nitrogen and oxygen atoms in total. The summed E-state index contributed by atoms with van der Waals surface area (Å²) in [6.07, 6.45) is 4.98. The fraction of sp³-hybridized carbons (Fsp3) is 0. The van der Waals surface area contributed by atoms with E-state index in [1.54, 1.807) is 12.3 Å². The number of anilines is 1. The van der Waals surface area contributed by atoms with Crippen molar-refractivity contribution < 1.29 is 19.2 Å². The number of nitrogen functional groups attached to an aromatic ring is 1. The van der Waals surface area contributed by atoms with Gasteiger partial charge in [-0.3, -0.25) is 9.59 Å². The SMILES string of the molecule is Nc1nn2cccnc2c1C(=O)ON1C(=O)C=CC1=O. The van der Waals surface area contributed by atoms with Crippen LogP contribution in [0.15, 0.2) is 30.6 Å². The maximum absolute atomic E-state index is 12.0. The minimum Gasteiger partial charge on any atom is -0.381 e. The molecule has 2 amide bonds. The fourth-order valence-electron chi connectivity index (χ4n) is 1.70. The molecule has 3 heterocycles. The van der Waals surface area contributed by atoms with Crippen molar-refractivity contribution in [2.45, 2.75) is 0 Å². The van der Waals surface area contributed by atoms with Gasteiger partial charge in [-0.2, -0.15) is 0 Å². The molecule has 3 rings (SSSR count). The van der Waals surface area contributed by atoms with Crippen molar-refractivity contribution in [3.63, 3.8) is 0 Å². The van der Waals surface area contributed by atoms with Gasteiger partial charge in [0.05, 0.1) is 0 Å². The Balaban J connectivity index is 1.95. The number of carbonyl (C=O) groups excluding carboxylic acids is 3. The number of fused-ring (bicyclic) bond motifs is 1. The maximum atomic E-state index is 12.0. The summed E-state index contributed by atoms with van der Waals surface area (Å²) < 4.78 is 1.29. The van der Waals surface area contributed by atoms with Gasteiger partial charge < -0.3 is 10.6 Å². The molecule has 0 bridgehead atoms. The molecule has 2 aromatic heterocycles. The highest BCUT2D eigenvalue weighted by atomic mass is 16.7. The predicted molar refractivity (Wildman–Crippen MR) is 63.8 cm³/mol. The molecule has 1 aliphatic heterocycles. The molecule has 20 heavy (non-hydrogen) atoms. The molecule has 0 saturated heterocycles. The lowest BCUT2D eigenvalue weighted by Gasteiger charge is -2.11. The average molecular weight is 273 g/mol. The Labute approximate surface area is 111 Å². The normalized spacial score (nSPS) is 14.3. The molecule has 0 unspecified atom stereocenters. The van der Waals surface area contributed by atoms with Crippen LogP contribution < -0.4 is 5.73 Å². The van der Waals surface area contributed by atoms with E-state index < -0.39 is 17.8 Å². The zero-order valence-corrected chi connectivity index (χ0v) is 9.89. The molecule has 0 saturated carbocycles. The molecule has 100 valence electrons. The summed E-state index contributed by atoms with van der Waals surface area (Å²) in [5, 5.41) is 4.22. The monoisotopic (exact) mass is 273 g/mol. The van der Waals surface area contributed by atoms with Gasteiger partial charge in [-0.25, -0.2) is 14.3 Å². The Morgan fingerprint density at radius 1 is 1.25 bits per heavy atom. The highest BCUT2D eigenvalue weighted by molar-refractivity contribution is 6.13. The van der Waals surface area contributed by atoms with E-state index in [9.17, 15) is 14.4 Å². The Morgan fingerprint density at radius 3 is 2.65 bits per heavy atom. The molecule has 1 aliphatic rings. The number of amides is 2. The second-order valence-corrected chi connectivity index (χ2v) is 3.83. The van der Waals surface area contributed by atoms with Gasteiger partial charge in [0.1, 0.15) is 0 Å². The fourth-order valence-corrected chi connectivity index (χ4v) is 1.70. The molecular formula is C11H7N5O4. The van der Waals surface area contributed by atoms with E-state index in [1.807, 2.05) is 0 Å². The number of nitrogens with two attached hydrogens (primary N) is 1. The zero-order chi connectivity index (χ0) is 14.3. The number of hydrogen-bond acceptors (Lipinski definition) is 7. The van der Waals surface area contributed by atoms with Crippen LogP contribution in [0.2, 0.25) is 0 Å². The van der Waals surface area contributed by atoms with Crippen molar-refractivity contribution in [3.8, 4) is 0 Å². The van der Waals surface area contributed by atoms with Crippen LogP contribution in [-0.4, -0.2) is 37.4 Å². The van der Waals surface area contributed by atoms with E-state index >= 15 is 0 Å². The minimum absolute atomic E-state index is 0.110. The Bertz CT molecular complexity index is 760. The van der Waals surface area contributed by atoms with Crippen molar-refractivity contribution in [1.29, 1.82) is 0 Å². The van der Waals surface area contributed by atoms with Crippen LogP contribution in [0.4, 0.5) is 5.82 Å². The summed E-state index contributed by atoms with van der Waals surface area (Å²) in [6, 6.07) is 1.60. The molecule has 2 aromatic rings. The first kappa shape index (κ1) is 11.8. The van der Waals surface area contributed by atoms with Crippen LogP contribution in [0.5, 0.6) is 0 Å². The molecule has 9 heteroatoms. The number of rotatable bonds is 2. The van der Waals surface area contributed by atoms with Crippen LogP contribution in [0.1, 0.15) is 10.4 Å². The van der Waals surface area contributed by atoms with E-state index in [-0.39, 0.29) is 17.0 Å². The molecular weight excluding hydrogens is 266 g/mol. The third-order valence-electron chi connectivity index (χ3n) is 2.57. The molecule has 0 spiro atoms. The van der Waals surface area contributed by atoms with Crippen molar-refractivity contribution in [2.75, 3.05) is 5.73 Å². The zero-order valence-electron chi connectivity index (χ0n) is 9.89. The van der Waals surface area contributed by atoms with Gasteiger partial charge in [-0.05, 0) is 6.07 Å². The summed E-state index contributed by atoms with van der Waals surface area (Å²) in [5.74, 6) is -2.58. The van der Waals surface area contributed by atoms with Crippen molar-refractivity contribution in [1.82, 2.24) is 19.7 Å². The average Bonchev–Trinajstić information content (AvgIpc) is 2.91. The Morgan fingerprint density at radius 2 is 1.95 bits per heavy atom. The lowest BCUT2D eigenvalue weighted by molar-refractivity contribution is -0.170. The van der Waals surface area contributed by atoms with Crippen LogP contribution in [0.25, 0.3) is 5.65 Å². The second kappa shape index (κ2) is 4.16. The molecule has 0 aliphatic carbocycles. The van der Waals surface area contributed by atoms with E-state index in [4.69, 9.17) is 10.6 Å². The smallest absolute Gasteiger partial charge is 0.371 e. The number of hydroxylamine groups is 2. The number of hydrogen-bond donors (Lipinski definition) is 1. The van der Waals surface area contributed by atoms with Gasteiger partial charge in [0.25, 0.3) is 11.8 Å². The van der Waals surface area contributed by atoms with Crippen molar-refractivity contribution in [2.24, 2.45) is 0 Å². The summed E-state index contributed by atoms with van der Waals surface area (Å²) in [7, 11) is 0. The number of carbonyl (C=O) groups is 3.